The Labute approximate surface area is 124 Å². The molecule has 3 rings (SSSR count). The molecule has 2 heterocycles. The van der Waals surface area contributed by atoms with E-state index in [4.69, 9.17) is 5.73 Å². The van der Waals surface area contributed by atoms with Crippen molar-refractivity contribution in [1.82, 2.24) is 24.5 Å². The molecule has 21 heavy (non-hydrogen) atoms. The summed E-state index contributed by atoms with van der Waals surface area (Å²) in [4.78, 5) is 16.8. The Kier molecular flexibility index (Phi) is 4.28. The molecule has 0 aliphatic heterocycles. The first-order chi connectivity index (χ1) is 10.3. The largest absolute Gasteiger partial charge is 0.368 e. The van der Waals surface area contributed by atoms with Gasteiger partial charge in [-0.15, -0.1) is 0 Å². The fourth-order valence-corrected chi connectivity index (χ4v) is 2.72. The highest BCUT2D eigenvalue weighted by atomic mass is 15.3. The molecule has 0 spiro atoms. The van der Waals surface area contributed by atoms with Gasteiger partial charge in [0.15, 0.2) is 0 Å². The first kappa shape index (κ1) is 13.8. The average molecular weight is 287 g/mol. The normalized spacial score (nSPS) is 17.1. The topological polar surface area (TPSA) is 94.5 Å². The van der Waals surface area contributed by atoms with Crippen molar-refractivity contribution in [1.29, 1.82) is 0 Å². The van der Waals surface area contributed by atoms with Crippen LogP contribution < -0.4 is 11.1 Å². The average Bonchev–Trinajstić information content (AvgIpc) is 2.95. The monoisotopic (exact) mass is 287 g/mol. The zero-order valence-electron chi connectivity index (χ0n) is 12.1. The molecule has 1 aliphatic carbocycles. The molecule has 2 aromatic rings. The summed E-state index contributed by atoms with van der Waals surface area (Å²) in [5.74, 6) is 1.27. The van der Waals surface area contributed by atoms with E-state index in [1.54, 1.807) is 23.3 Å². The van der Waals surface area contributed by atoms with Crippen LogP contribution in [0.2, 0.25) is 0 Å². The molecule has 0 saturated heterocycles. The van der Waals surface area contributed by atoms with Gasteiger partial charge in [-0.05, 0) is 12.8 Å². The summed E-state index contributed by atoms with van der Waals surface area (Å²) in [6.07, 6.45) is 13.9. The number of nitrogens with one attached hydrogen (secondary N) is 1. The Morgan fingerprint density at radius 2 is 1.81 bits per heavy atom. The van der Waals surface area contributed by atoms with Gasteiger partial charge in [-0.2, -0.15) is 15.0 Å². The van der Waals surface area contributed by atoms with Crippen LogP contribution in [0.5, 0.6) is 0 Å². The Morgan fingerprint density at radius 1 is 1.05 bits per heavy atom. The Morgan fingerprint density at radius 3 is 2.52 bits per heavy atom. The maximum Gasteiger partial charge on any atom is 0.241 e. The number of rotatable bonds is 3. The van der Waals surface area contributed by atoms with Gasteiger partial charge in [0.25, 0.3) is 0 Å². The van der Waals surface area contributed by atoms with E-state index in [9.17, 15) is 0 Å². The second-order valence-corrected chi connectivity index (χ2v) is 5.47. The number of nitrogen functional groups attached to an aromatic ring is 1. The van der Waals surface area contributed by atoms with Crippen molar-refractivity contribution < 1.29 is 0 Å². The molecule has 1 fully saturated rings. The van der Waals surface area contributed by atoms with E-state index in [-0.39, 0.29) is 5.95 Å². The molecular weight excluding hydrogens is 266 g/mol. The summed E-state index contributed by atoms with van der Waals surface area (Å²) in [6.45, 7) is 0. The maximum atomic E-state index is 5.79. The number of nitrogens with two attached hydrogens (primary N) is 1. The third-order valence-electron chi connectivity index (χ3n) is 3.81. The number of anilines is 2. The standard InChI is InChI=1S/C14H21N7/c15-12-18-13(17-11-6-4-2-1-3-5-7-11)20-14(19-12)21-9-8-16-10-21/h8-11H,1-7H2,(H3,15,17,18,19,20). The van der Waals surface area contributed by atoms with Gasteiger partial charge in [-0.1, -0.05) is 32.1 Å². The number of aromatic nitrogens is 5. The van der Waals surface area contributed by atoms with Crippen molar-refractivity contribution in [3.05, 3.63) is 18.7 Å². The van der Waals surface area contributed by atoms with E-state index in [1.165, 1.54) is 32.1 Å². The number of nitrogens with zero attached hydrogens (tertiary/aromatic N) is 5. The van der Waals surface area contributed by atoms with Gasteiger partial charge in [0.2, 0.25) is 17.8 Å². The highest BCUT2D eigenvalue weighted by Crippen LogP contribution is 2.20. The molecular formula is C14H21N7. The summed E-state index contributed by atoms with van der Waals surface area (Å²) in [6, 6.07) is 0.419. The molecule has 0 radical (unpaired) electrons. The Hall–Kier alpha value is -2.18. The summed E-state index contributed by atoms with van der Waals surface area (Å²) >= 11 is 0. The van der Waals surface area contributed by atoms with Gasteiger partial charge in [0, 0.05) is 18.4 Å². The van der Waals surface area contributed by atoms with Gasteiger partial charge in [-0.25, -0.2) is 4.98 Å². The van der Waals surface area contributed by atoms with Crippen molar-refractivity contribution >= 4 is 11.9 Å². The van der Waals surface area contributed by atoms with E-state index >= 15 is 0 Å². The van der Waals surface area contributed by atoms with Crippen LogP contribution in [0.15, 0.2) is 18.7 Å². The zero-order chi connectivity index (χ0) is 14.5. The van der Waals surface area contributed by atoms with Gasteiger partial charge in [0.05, 0.1) is 0 Å². The minimum absolute atomic E-state index is 0.224. The number of hydrogen-bond donors (Lipinski definition) is 2. The summed E-state index contributed by atoms with van der Waals surface area (Å²) in [5, 5.41) is 3.42. The maximum absolute atomic E-state index is 5.79. The van der Waals surface area contributed by atoms with Crippen LogP contribution in [-0.4, -0.2) is 30.5 Å². The van der Waals surface area contributed by atoms with E-state index in [1.807, 2.05) is 0 Å². The number of hydrogen-bond acceptors (Lipinski definition) is 6. The predicted molar refractivity (Wildman–Crippen MR) is 81.1 cm³/mol. The smallest absolute Gasteiger partial charge is 0.241 e. The van der Waals surface area contributed by atoms with Gasteiger partial charge < -0.3 is 11.1 Å². The van der Waals surface area contributed by atoms with Gasteiger partial charge >= 0.3 is 0 Å². The Balaban J connectivity index is 1.75. The molecule has 112 valence electrons. The first-order valence-electron chi connectivity index (χ1n) is 7.58. The lowest BCUT2D eigenvalue weighted by molar-refractivity contribution is 0.469. The van der Waals surface area contributed by atoms with Crippen LogP contribution >= 0.6 is 0 Å². The molecule has 2 aromatic heterocycles. The van der Waals surface area contributed by atoms with Crippen LogP contribution in [0.1, 0.15) is 44.9 Å². The quantitative estimate of drug-likeness (QED) is 0.898. The van der Waals surface area contributed by atoms with Gasteiger partial charge in [-0.3, -0.25) is 4.57 Å². The molecule has 7 heteroatoms. The van der Waals surface area contributed by atoms with Crippen molar-refractivity contribution in [3.63, 3.8) is 0 Å². The van der Waals surface area contributed by atoms with Crippen molar-refractivity contribution in [2.24, 2.45) is 0 Å². The van der Waals surface area contributed by atoms with Crippen LogP contribution in [0.3, 0.4) is 0 Å². The third-order valence-corrected chi connectivity index (χ3v) is 3.81. The number of imidazole rings is 1. The third kappa shape index (κ3) is 3.68. The molecule has 1 saturated carbocycles. The molecule has 7 nitrogen and oxygen atoms in total. The summed E-state index contributed by atoms with van der Waals surface area (Å²) in [5.41, 5.74) is 5.79. The second kappa shape index (κ2) is 6.51. The lowest BCUT2D eigenvalue weighted by atomic mass is 9.97. The van der Waals surface area contributed by atoms with E-state index in [2.05, 4.69) is 25.3 Å². The van der Waals surface area contributed by atoms with Crippen LogP contribution in [0.25, 0.3) is 5.95 Å². The van der Waals surface area contributed by atoms with E-state index in [0.29, 0.717) is 17.9 Å². The fraction of sp³-hybridized carbons (Fsp3) is 0.571. The van der Waals surface area contributed by atoms with E-state index < -0.39 is 0 Å². The van der Waals surface area contributed by atoms with Crippen molar-refractivity contribution in [2.75, 3.05) is 11.1 Å². The SMILES string of the molecule is Nc1nc(NC2CCCCCCC2)nc(-n2ccnc2)n1. The summed E-state index contributed by atoms with van der Waals surface area (Å²) < 4.78 is 1.72. The molecule has 0 atom stereocenters. The molecule has 0 unspecified atom stereocenters. The van der Waals surface area contributed by atoms with Crippen LogP contribution in [0.4, 0.5) is 11.9 Å². The Bertz CT molecular complexity index is 559. The van der Waals surface area contributed by atoms with Crippen molar-refractivity contribution in [3.8, 4) is 5.95 Å². The summed E-state index contributed by atoms with van der Waals surface area (Å²) in [7, 11) is 0. The first-order valence-corrected chi connectivity index (χ1v) is 7.58. The molecule has 1 aliphatic rings. The molecule has 0 aromatic carbocycles. The van der Waals surface area contributed by atoms with E-state index in [0.717, 1.165) is 12.8 Å². The van der Waals surface area contributed by atoms with Crippen molar-refractivity contribution in [2.45, 2.75) is 51.0 Å². The zero-order valence-corrected chi connectivity index (χ0v) is 12.1. The highest BCUT2D eigenvalue weighted by Gasteiger charge is 2.14. The molecule has 0 bridgehead atoms. The van der Waals surface area contributed by atoms with Crippen LogP contribution in [-0.2, 0) is 0 Å². The van der Waals surface area contributed by atoms with Crippen LogP contribution in [0, 0.1) is 0 Å². The molecule has 3 N–H and O–H groups in total. The lowest BCUT2D eigenvalue weighted by Crippen LogP contribution is -2.23. The minimum atomic E-state index is 0.224. The predicted octanol–water partition coefficient (Wildman–Crippen LogP) is 2.16. The van der Waals surface area contributed by atoms with Gasteiger partial charge in [0.1, 0.15) is 6.33 Å². The molecule has 0 amide bonds. The lowest BCUT2D eigenvalue weighted by Gasteiger charge is -2.21. The second-order valence-electron chi connectivity index (χ2n) is 5.47. The highest BCUT2D eigenvalue weighted by molar-refractivity contribution is 5.35. The minimum Gasteiger partial charge on any atom is -0.368 e. The fourth-order valence-electron chi connectivity index (χ4n) is 2.72.